The number of unbranched alkanes of at least 4 members (excludes halogenated alkanes) is 4. The van der Waals surface area contributed by atoms with Crippen LogP contribution in [0.1, 0.15) is 51.9 Å². The molecule has 0 heterocycles. The molecule has 0 bridgehead atoms. The van der Waals surface area contributed by atoms with Crippen LogP contribution in [0.3, 0.4) is 0 Å². The number of Topliss-reactive ketones (excluding diaryl/α,β-unsaturated/α-hetero) is 1. The maximum Gasteiger partial charge on any atom is 0.139 e. The van der Waals surface area contributed by atoms with E-state index in [9.17, 15) is 9.90 Å². The molecule has 0 aromatic carbocycles. The highest BCUT2D eigenvalue weighted by Gasteiger charge is 2.38. The molecule has 0 saturated heterocycles. The van der Waals surface area contributed by atoms with Crippen molar-refractivity contribution in [1.82, 2.24) is 0 Å². The van der Waals surface area contributed by atoms with Crippen molar-refractivity contribution in [3.05, 3.63) is 12.2 Å². The van der Waals surface area contributed by atoms with Crippen LogP contribution in [0.25, 0.3) is 0 Å². The number of ketones is 1. The Kier molecular flexibility index (Phi) is 7.21. The average molecular weight is 254 g/mol. The van der Waals surface area contributed by atoms with Gasteiger partial charge in [-0.1, -0.05) is 31.9 Å². The van der Waals surface area contributed by atoms with E-state index >= 15 is 0 Å². The van der Waals surface area contributed by atoms with Gasteiger partial charge in [0.05, 0.1) is 6.10 Å². The molecule has 3 atom stereocenters. The minimum atomic E-state index is -0.479. The molecule has 18 heavy (non-hydrogen) atoms. The number of aliphatic hydroxyl groups is 2. The summed E-state index contributed by atoms with van der Waals surface area (Å²) < 4.78 is 0. The molecular weight excluding hydrogens is 228 g/mol. The zero-order valence-electron chi connectivity index (χ0n) is 11.3. The van der Waals surface area contributed by atoms with Crippen molar-refractivity contribution in [1.29, 1.82) is 0 Å². The summed E-state index contributed by atoms with van der Waals surface area (Å²) in [6.07, 6.45) is 10.0. The SMILES string of the molecule is CC[C@H]1C(=O)C[C@H](O)[C@@H]1/C=C/CCCCCCO. The second kappa shape index (κ2) is 8.44. The second-order valence-corrected chi connectivity index (χ2v) is 5.18. The van der Waals surface area contributed by atoms with E-state index in [4.69, 9.17) is 5.11 Å². The van der Waals surface area contributed by atoms with Gasteiger partial charge in [0.25, 0.3) is 0 Å². The molecule has 0 unspecified atom stereocenters. The number of rotatable bonds is 8. The molecule has 0 aliphatic heterocycles. The fraction of sp³-hybridized carbons (Fsp3) is 0.800. The topological polar surface area (TPSA) is 57.5 Å². The second-order valence-electron chi connectivity index (χ2n) is 5.18. The van der Waals surface area contributed by atoms with Crippen LogP contribution < -0.4 is 0 Å². The summed E-state index contributed by atoms with van der Waals surface area (Å²) in [7, 11) is 0. The monoisotopic (exact) mass is 254 g/mol. The maximum atomic E-state index is 11.6. The third-order valence-corrected chi connectivity index (χ3v) is 3.81. The highest BCUT2D eigenvalue weighted by atomic mass is 16.3. The molecule has 3 nitrogen and oxygen atoms in total. The van der Waals surface area contributed by atoms with Gasteiger partial charge in [-0.05, 0) is 25.7 Å². The first-order valence-electron chi connectivity index (χ1n) is 7.19. The minimum Gasteiger partial charge on any atom is -0.396 e. The van der Waals surface area contributed by atoms with Crippen LogP contribution in [0.2, 0.25) is 0 Å². The average Bonchev–Trinajstić information content (AvgIpc) is 2.62. The van der Waals surface area contributed by atoms with Gasteiger partial charge in [0, 0.05) is 24.9 Å². The third-order valence-electron chi connectivity index (χ3n) is 3.81. The molecule has 1 aliphatic carbocycles. The van der Waals surface area contributed by atoms with Gasteiger partial charge in [-0.15, -0.1) is 0 Å². The van der Waals surface area contributed by atoms with Gasteiger partial charge in [0.15, 0.2) is 0 Å². The Labute approximate surface area is 110 Å². The van der Waals surface area contributed by atoms with Crippen molar-refractivity contribution in [2.45, 2.75) is 58.0 Å². The molecule has 1 saturated carbocycles. The zero-order chi connectivity index (χ0) is 13.4. The van der Waals surface area contributed by atoms with E-state index in [1.807, 2.05) is 13.0 Å². The van der Waals surface area contributed by atoms with Gasteiger partial charge < -0.3 is 10.2 Å². The maximum absolute atomic E-state index is 11.6. The Morgan fingerprint density at radius 1 is 1.28 bits per heavy atom. The standard InChI is InChI=1S/C15H26O3/c1-2-12-13(15(18)11-14(12)17)9-7-5-3-4-6-8-10-16/h7,9,12-13,15-16,18H,2-6,8,10-11H2,1H3/b9-7+/t12-,13-,15+/m1/s1. The van der Waals surface area contributed by atoms with Crippen molar-refractivity contribution in [3.8, 4) is 0 Å². The predicted molar refractivity (Wildman–Crippen MR) is 72.2 cm³/mol. The van der Waals surface area contributed by atoms with Crippen LogP contribution in [0.4, 0.5) is 0 Å². The van der Waals surface area contributed by atoms with E-state index in [1.54, 1.807) is 0 Å². The van der Waals surface area contributed by atoms with Crippen LogP contribution in [0, 0.1) is 11.8 Å². The van der Waals surface area contributed by atoms with E-state index in [1.165, 1.54) is 0 Å². The Hall–Kier alpha value is -0.670. The smallest absolute Gasteiger partial charge is 0.139 e. The van der Waals surface area contributed by atoms with Gasteiger partial charge >= 0.3 is 0 Å². The van der Waals surface area contributed by atoms with Crippen molar-refractivity contribution in [2.75, 3.05) is 6.61 Å². The fourth-order valence-electron chi connectivity index (χ4n) is 2.72. The van der Waals surface area contributed by atoms with Gasteiger partial charge in [0.2, 0.25) is 0 Å². The van der Waals surface area contributed by atoms with E-state index in [0.717, 1.165) is 38.5 Å². The Bertz CT molecular complexity index is 273. The van der Waals surface area contributed by atoms with E-state index < -0.39 is 6.10 Å². The first-order chi connectivity index (χ1) is 8.70. The molecule has 104 valence electrons. The van der Waals surface area contributed by atoms with Crippen LogP contribution in [0.5, 0.6) is 0 Å². The number of carbonyl (C=O) groups excluding carboxylic acids is 1. The molecule has 2 N–H and O–H groups in total. The molecule has 3 heteroatoms. The normalized spacial score (nSPS) is 28.4. The molecular formula is C15H26O3. The van der Waals surface area contributed by atoms with Crippen molar-refractivity contribution < 1.29 is 15.0 Å². The quantitative estimate of drug-likeness (QED) is 0.517. The minimum absolute atomic E-state index is 0.0191. The molecule has 0 spiro atoms. The van der Waals surface area contributed by atoms with Crippen molar-refractivity contribution in [2.24, 2.45) is 11.8 Å². The lowest BCUT2D eigenvalue weighted by atomic mass is 9.91. The molecule has 0 radical (unpaired) electrons. The Balaban J connectivity index is 2.26. The van der Waals surface area contributed by atoms with E-state index in [-0.39, 0.29) is 24.2 Å². The summed E-state index contributed by atoms with van der Waals surface area (Å²) in [5.74, 6) is 0.258. The molecule has 1 fully saturated rings. The zero-order valence-corrected chi connectivity index (χ0v) is 11.3. The van der Waals surface area contributed by atoms with Crippen LogP contribution in [-0.4, -0.2) is 28.7 Å². The van der Waals surface area contributed by atoms with Crippen molar-refractivity contribution >= 4 is 5.78 Å². The molecule has 1 aliphatic rings. The molecule has 0 aromatic rings. The molecule has 1 rings (SSSR count). The van der Waals surface area contributed by atoms with Gasteiger partial charge in [-0.25, -0.2) is 0 Å². The number of carbonyl (C=O) groups is 1. The largest absolute Gasteiger partial charge is 0.396 e. The lowest BCUT2D eigenvalue weighted by Gasteiger charge is -2.15. The number of hydrogen-bond donors (Lipinski definition) is 2. The number of hydrogen-bond acceptors (Lipinski definition) is 3. The summed E-state index contributed by atoms with van der Waals surface area (Å²) >= 11 is 0. The number of aliphatic hydroxyl groups excluding tert-OH is 2. The molecule has 0 amide bonds. The summed E-state index contributed by atoms with van der Waals surface area (Å²) in [5, 5.41) is 18.5. The van der Waals surface area contributed by atoms with Crippen LogP contribution in [0.15, 0.2) is 12.2 Å². The third kappa shape index (κ3) is 4.54. The Morgan fingerprint density at radius 2 is 2.00 bits per heavy atom. The first-order valence-corrected chi connectivity index (χ1v) is 7.19. The predicted octanol–water partition coefficient (Wildman–Crippen LogP) is 2.46. The summed E-state index contributed by atoms with van der Waals surface area (Å²) in [6.45, 7) is 2.29. The first kappa shape index (κ1) is 15.4. The molecule has 0 aromatic heterocycles. The van der Waals surface area contributed by atoms with Gasteiger partial charge in [-0.2, -0.15) is 0 Å². The fourth-order valence-corrected chi connectivity index (χ4v) is 2.72. The number of allylic oxidation sites excluding steroid dienone is 1. The summed E-state index contributed by atoms with van der Waals surface area (Å²) in [5.41, 5.74) is 0. The lowest BCUT2D eigenvalue weighted by molar-refractivity contribution is -0.121. The highest BCUT2D eigenvalue weighted by Crippen LogP contribution is 2.32. The lowest BCUT2D eigenvalue weighted by Crippen LogP contribution is -2.17. The summed E-state index contributed by atoms with van der Waals surface area (Å²) in [6, 6.07) is 0. The van der Waals surface area contributed by atoms with Gasteiger partial charge in [-0.3, -0.25) is 4.79 Å². The summed E-state index contributed by atoms with van der Waals surface area (Å²) in [4.78, 5) is 11.6. The van der Waals surface area contributed by atoms with Crippen LogP contribution in [-0.2, 0) is 4.79 Å². The van der Waals surface area contributed by atoms with E-state index in [2.05, 4.69) is 6.08 Å². The van der Waals surface area contributed by atoms with Crippen LogP contribution >= 0.6 is 0 Å². The van der Waals surface area contributed by atoms with Gasteiger partial charge in [0.1, 0.15) is 5.78 Å². The highest BCUT2D eigenvalue weighted by molar-refractivity contribution is 5.84. The van der Waals surface area contributed by atoms with Crippen molar-refractivity contribution in [3.63, 3.8) is 0 Å². The van der Waals surface area contributed by atoms with E-state index in [0.29, 0.717) is 6.42 Å². The Morgan fingerprint density at radius 3 is 2.67 bits per heavy atom.